The van der Waals surface area contributed by atoms with Crippen molar-refractivity contribution in [1.29, 1.82) is 0 Å². The standard InChI is InChI=1S/C10H8ClN3O/c11-9-5-7(1-2-14-9)10(15)8-6-12-3-4-13-8/h1-6,10,15H. The molecule has 0 spiro atoms. The van der Waals surface area contributed by atoms with Crippen LogP contribution >= 0.6 is 11.6 Å². The summed E-state index contributed by atoms with van der Waals surface area (Å²) in [7, 11) is 0. The molecule has 0 saturated carbocycles. The van der Waals surface area contributed by atoms with Gasteiger partial charge in [-0.3, -0.25) is 9.97 Å². The highest BCUT2D eigenvalue weighted by atomic mass is 35.5. The van der Waals surface area contributed by atoms with E-state index in [-0.39, 0.29) is 0 Å². The molecule has 0 radical (unpaired) electrons. The molecule has 4 nitrogen and oxygen atoms in total. The van der Waals surface area contributed by atoms with Gasteiger partial charge in [0.2, 0.25) is 0 Å². The largest absolute Gasteiger partial charge is 0.382 e. The Hall–Kier alpha value is -1.52. The molecule has 0 aliphatic heterocycles. The van der Waals surface area contributed by atoms with Crippen molar-refractivity contribution >= 4 is 11.6 Å². The Morgan fingerprint density at radius 3 is 2.73 bits per heavy atom. The van der Waals surface area contributed by atoms with E-state index in [4.69, 9.17) is 11.6 Å². The van der Waals surface area contributed by atoms with Gasteiger partial charge in [-0.15, -0.1) is 0 Å². The molecule has 0 aromatic carbocycles. The van der Waals surface area contributed by atoms with Gasteiger partial charge in [-0.2, -0.15) is 0 Å². The zero-order valence-corrected chi connectivity index (χ0v) is 8.46. The Morgan fingerprint density at radius 2 is 2.07 bits per heavy atom. The molecule has 0 aliphatic carbocycles. The minimum atomic E-state index is -0.820. The molecule has 1 unspecified atom stereocenters. The molecule has 2 heterocycles. The van der Waals surface area contributed by atoms with E-state index in [9.17, 15) is 5.11 Å². The lowest BCUT2D eigenvalue weighted by Gasteiger charge is -2.09. The topological polar surface area (TPSA) is 58.9 Å². The van der Waals surface area contributed by atoms with Crippen molar-refractivity contribution in [3.8, 4) is 0 Å². The van der Waals surface area contributed by atoms with Gasteiger partial charge < -0.3 is 5.11 Å². The third kappa shape index (κ3) is 2.29. The predicted octanol–water partition coefficient (Wildman–Crippen LogP) is 1.61. The molecule has 76 valence electrons. The Morgan fingerprint density at radius 1 is 1.20 bits per heavy atom. The summed E-state index contributed by atoms with van der Waals surface area (Å²) in [5, 5.41) is 10.3. The molecule has 0 fully saturated rings. The number of aromatic nitrogens is 3. The summed E-state index contributed by atoms with van der Waals surface area (Å²) in [6, 6.07) is 3.28. The summed E-state index contributed by atoms with van der Waals surface area (Å²) in [6.07, 6.45) is 5.31. The second-order valence-electron chi connectivity index (χ2n) is 2.94. The second kappa shape index (κ2) is 4.33. The average Bonchev–Trinajstić information content (AvgIpc) is 2.29. The van der Waals surface area contributed by atoms with Crippen LogP contribution in [0, 0.1) is 0 Å². The molecule has 0 saturated heterocycles. The zero-order chi connectivity index (χ0) is 10.7. The Bertz CT molecular complexity index is 449. The first-order chi connectivity index (χ1) is 7.27. The van der Waals surface area contributed by atoms with Gasteiger partial charge in [0.05, 0.1) is 11.9 Å². The number of halogens is 1. The van der Waals surface area contributed by atoms with E-state index in [1.165, 1.54) is 18.6 Å². The lowest BCUT2D eigenvalue weighted by atomic mass is 10.1. The molecular weight excluding hydrogens is 214 g/mol. The molecule has 0 aliphatic rings. The maximum absolute atomic E-state index is 9.93. The van der Waals surface area contributed by atoms with Crippen molar-refractivity contribution in [3.63, 3.8) is 0 Å². The lowest BCUT2D eigenvalue weighted by molar-refractivity contribution is 0.214. The van der Waals surface area contributed by atoms with E-state index in [1.54, 1.807) is 18.3 Å². The monoisotopic (exact) mass is 221 g/mol. The van der Waals surface area contributed by atoms with E-state index in [0.717, 1.165) is 0 Å². The van der Waals surface area contributed by atoms with E-state index in [0.29, 0.717) is 16.4 Å². The van der Waals surface area contributed by atoms with Crippen molar-refractivity contribution in [1.82, 2.24) is 15.0 Å². The van der Waals surface area contributed by atoms with Gasteiger partial charge in [0.15, 0.2) is 0 Å². The highest BCUT2D eigenvalue weighted by molar-refractivity contribution is 6.29. The summed E-state index contributed by atoms with van der Waals surface area (Å²) < 4.78 is 0. The molecule has 0 bridgehead atoms. The van der Waals surface area contributed by atoms with Gasteiger partial charge in [0.1, 0.15) is 11.3 Å². The average molecular weight is 222 g/mol. The highest BCUT2D eigenvalue weighted by Crippen LogP contribution is 2.20. The lowest BCUT2D eigenvalue weighted by Crippen LogP contribution is -2.02. The number of rotatable bonds is 2. The van der Waals surface area contributed by atoms with Gasteiger partial charge in [0, 0.05) is 18.6 Å². The van der Waals surface area contributed by atoms with Crippen LogP contribution in [0.2, 0.25) is 5.15 Å². The summed E-state index contributed by atoms with van der Waals surface area (Å²) in [5.74, 6) is 0. The molecule has 2 rings (SSSR count). The quantitative estimate of drug-likeness (QED) is 0.783. The van der Waals surface area contributed by atoms with Crippen LogP contribution in [0.1, 0.15) is 17.4 Å². The highest BCUT2D eigenvalue weighted by Gasteiger charge is 2.11. The van der Waals surface area contributed by atoms with Crippen molar-refractivity contribution in [2.24, 2.45) is 0 Å². The number of aliphatic hydroxyl groups excluding tert-OH is 1. The van der Waals surface area contributed by atoms with Gasteiger partial charge in [0.25, 0.3) is 0 Å². The van der Waals surface area contributed by atoms with E-state index >= 15 is 0 Å². The molecular formula is C10H8ClN3O. The number of nitrogens with zero attached hydrogens (tertiary/aromatic N) is 3. The number of pyridine rings is 1. The first-order valence-corrected chi connectivity index (χ1v) is 4.70. The molecule has 2 aromatic heterocycles. The minimum absolute atomic E-state index is 0.343. The van der Waals surface area contributed by atoms with Gasteiger partial charge in [-0.05, 0) is 17.7 Å². The van der Waals surface area contributed by atoms with Gasteiger partial charge in [-0.25, -0.2) is 4.98 Å². The van der Waals surface area contributed by atoms with Crippen LogP contribution < -0.4 is 0 Å². The molecule has 5 heteroatoms. The van der Waals surface area contributed by atoms with Crippen LogP contribution in [0.15, 0.2) is 36.9 Å². The zero-order valence-electron chi connectivity index (χ0n) is 7.71. The van der Waals surface area contributed by atoms with E-state index in [2.05, 4.69) is 15.0 Å². The molecule has 1 atom stereocenters. The van der Waals surface area contributed by atoms with Crippen LogP contribution in [-0.4, -0.2) is 20.1 Å². The van der Waals surface area contributed by atoms with Crippen LogP contribution in [-0.2, 0) is 0 Å². The van der Waals surface area contributed by atoms with Crippen molar-refractivity contribution in [3.05, 3.63) is 53.3 Å². The normalized spacial score (nSPS) is 12.4. The summed E-state index contributed by atoms with van der Waals surface area (Å²) in [6.45, 7) is 0. The van der Waals surface area contributed by atoms with E-state index in [1.807, 2.05) is 0 Å². The summed E-state index contributed by atoms with van der Waals surface area (Å²) in [5.41, 5.74) is 1.13. The van der Waals surface area contributed by atoms with E-state index < -0.39 is 6.10 Å². The Balaban J connectivity index is 2.32. The van der Waals surface area contributed by atoms with Crippen molar-refractivity contribution < 1.29 is 5.11 Å². The van der Waals surface area contributed by atoms with Gasteiger partial charge in [-0.1, -0.05) is 11.6 Å². The Labute approximate surface area is 91.6 Å². The molecule has 2 aromatic rings. The van der Waals surface area contributed by atoms with Crippen molar-refractivity contribution in [2.45, 2.75) is 6.10 Å². The second-order valence-corrected chi connectivity index (χ2v) is 3.33. The Kier molecular flexibility index (Phi) is 2.89. The first-order valence-electron chi connectivity index (χ1n) is 4.33. The minimum Gasteiger partial charge on any atom is -0.382 e. The summed E-state index contributed by atoms with van der Waals surface area (Å²) in [4.78, 5) is 11.7. The molecule has 15 heavy (non-hydrogen) atoms. The smallest absolute Gasteiger partial charge is 0.129 e. The first kappa shape index (κ1) is 10.0. The molecule has 1 N–H and O–H groups in total. The SMILES string of the molecule is OC(c1ccnc(Cl)c1)c1cnccn1. The van der Waals surface area contributed by atoms with Crippen LogP contribution in [0.25, 0.3) is 0 Å². The third-order valence-electron chi connectivity index (χ3n) is 1.93. The van der Waals surface area contributed by atoms with Crippen LogP contribution in [0.3, 0.4) is 0 Å². The fourth-order valence-corrected chi connectivity index (χ4v) is 1.39. The van der Waals surface area contributed by atoms with Crippen LogP contribution in [0.4, 0.5) is 0 Å². The maximum Gasteiger partial charge on any atom is 0.129 e. The fourth-order valence-electron chi connectivity index (χ4n) is 1.21. The molecule has 0 amide bonds. The summed E-state index contributed by atoms with van der Waals surface area (Å²) >= 11 is 5.72. The maximum atomic E-state index is 9.93. The number of aliphatic hydroxyl groups is 1. The number of hydrogen-bond acceptors (Lipinski definition) is 4. The van der Waals surface area contributed by atoms with Crippen molar-refractivity contribution in [2.75, 3.05) is 0 Å². The van der Waals surface area contributed by atoms with Gasteiger partial charge >= 0.3 is 0 Å². The number of hydrogen-bond donors (Lipinski definition) is 1. The predicted molar refractivity (Wildman–Crippen MR) is 55.3 cm³/mol. The third-order valence-corrected chi connectivity index (χ3v) is 2.14. The fraction of sp³-hybridized carbons (Fsp3) is 0.100. The van der Waals surface area contributed by atoms with Crippen LogP contribution in [0.5, 0.6) is 0 Å².